The zero-order chi connectivity index (χ0) is 9.97. The van der Waals surface area contributed by atoms with E-state index in [4.69, 9.17) is 5.11 Å². The van der Waals surface area contributed by atoms with Crippen molar-refractivity contribution >= 4 is 17.0 Å². The van der Waals surface area contributed by atoms with Gasteiger partial charge in [0.05, 0.1) is 12.1 Å². The van der Waals surface area contributed by atoms with Crippen molar-refractivity contribution in [2.75, 3.05) is 6.61 Å². The zero-order valence-corrected chi connectivity index (χ0v) is 8.01. The van der Waals surface area contributed by atoms with E-state index >= 15 is 0 Å². The van der Waals surface area contributed by atoms with Crippen molar-refractivity contribution in [3.8, 4) is 0 Å². The molecule has 0 saturated carbocycles. The predicted molar refractivity (Wildman–Crippen MR) is 56.8 cm³/mol. The average Bonchev–Trinajstić information content (AvgIpc) is 2.55. The third-order valence-electron chi connectivity index (χ3n) is 2.10. The first kappa shape index (κ1) is 8.97. The van der Waals surface area contributed by atoms with Gasteiger partial charge in [-0.15, -0.1) is 0 Å². The lowest BCUT2D eigenvalue weighted by molar-refractivity contribution is 0.343. The number of rotatable bonds is 2. The van der Waals surface area contributed by atoms with Crippen molar-refractivity contribution < 1.29 is 5.11 Å². The maximum absolute atomic E-state index is 8.70. The van der Waals surface area contributed by atoms with Crippen LogP contribution < -0.4 is 0 Å². The Bertz CT molecular complexity index is 471. The minimum atomic E-state index is 0.0661. The van der Waals surface area contributed by atoms with Crippen LogP contribution in [0.4, 0.5) is 0 Å². The molecule has 0 spiro atoms. The van der Waals surface area contributed by atoms with Gasteiger partial charge in [0.2, 0.25) is 0 Å². The van der Waals surface area contributed by atoms with Gasteiger partial charge in [-0.2, -0.15) is 5.10 Å². The Morgan fingerprint density at radius 2 is 2.36 bits per heavy atom. The van der Waals surface area contributed by atoms with E-state index in [1.165, 1.54) is 0 Å². The van der Waals surface area contributed by atoms with Gasteiger partial charge >= 0.3 is 0 Å². The number of aromatic nitrogens is 2. The molecule has 72 valence electrons. The molecule has 0 aliphatic heterocycles. The number of aliphatic hydroxyl groups is 1. The summed E-state index contributed by atoms with van der Waals surface area (Å²) in [6, 6.07) is 5.95. The fourth-order valence-electron chi connectivity index (χ4n) is 1.51. The first-order valence-corrected chi connectivity index (χ1v) is 4.51. The van der Waals surface area contributed by atoms with Gasteiger partial charge in [0.15, 0.2) is 0 Å². The molecule has 0 amide bonds. The minimum Gasteiger partial charge on any atom is -0.392 e. The number of nitrogens with zero attached hydrogens (tertiary/aromatic N) is 2. The largest absolute Gasteiger partial charge is 0.392 e. The Hall–Kier alpha value is -1.61. The molecule has 0 atom stereocenters. The number of hydrogen-bond acceptors (Lipinski definition) is 2. The maximum Gasteiger partial charge on any atom is 0.0929 e. The fraction of sp³-hybridized carbons (Fsp3) is 0.182. The molecule has 0 bridgehead atoms. The molecule has 1 heterocycles. The van der Waals surface area contributed by atoms with Gasteiger partial charge in [0, 0.05) is 18.6 Å². The quantitative estimate of drug-likeness (QED) is 0.777. The van der Waals surface area contributed by atoms with Gasteiger partial charge in [-0.05, 0) is 11.6 Å². The number of aryl methyl sites for hydroxylation is 1. The Kier molecular flexibility index (Phi) is 2.33. The standard InChI is InChI=1S/C11H12N2O/c1-13-8-10-9(5-3-7-14)4-2-6-11(10)12-13/h2-6,8,14H,7H2,1H3/b5-3+. The SMILES string of the molecule is Cn1cc2c(/C=C/CO)cccc2n1. The van der Waals surface area contributed by atoms with Gasteiger partial charge in [-0.1, -0.05) is 24.3 Å². The summed E-state index contributed by atoms with van der Waals surface area (Å²) in [5.74, 6) is 0. The molecular weight excluding hydrogens is 176 g/mol. The van der Waals surface area contributed by atoms with Crippen LogP contribution in [0.15, 0.2) is 30.5 Å². The lowest BCUT2D eigenvalue weighted by atomic mass is 10.1. The molecule has 3 nitrogen and oxygen atoms in total. The molecule has 0 saturated heterocycles. The van der Waals surface area contributed by atoms with E-state index in [2.05, 4.69) is 5.10 Å². The molecule has 1 N–H and O–H groups in total. The summed E-state index contributed by atoms with van der Waals surface area (Å²) < 4.78 is 1.79. The molecule has 0 radical (unpaired) electrons. The number of aliphatic hydroxyl groups excluding tert-OH is 1. The maximum atomic E-state index is 8.70. The molecule has 2 aromatic rings. The third kappa shape index (κ3) is 1.54. The van der Waals surface area contributed by atoms with Gasteiger partial charge in [0.1, 0.15) is 0 Å². The summed E-state index contributed by atoms with van der Waals surface area (Å²) in [7, 11) is 1.90. The van der Waals surface area contributed by atoms with E-state index in [1.807, 2.05) is 37.5 Å². The molecule has 2 rings (SSSR count). The van der Waals surface area contributed by atoms with Crippen LogP contribution in [0.1, 0.15) is 5.56 Å². The zero-order valence-electron chi connectivity index (χ0n) is 8.01. The Morgan fingerprint density at radius 1 is 1.50 bits per heavy atom. The molecule has 1 aromatic carbocycles. The number of hydrogen-bond donors (Lipinski definition) is 1. The highest BCUT2D eigenvalue weighted by molar-refractivity contribution is 5.87. The highest BCUT2D eigenvalue weighted by Gasteiger charge is 2.00. The van der Waals surface area contributed by atoms with E-state index in [0.29, 0.717) is 0 Å². The average molecular weight is 188 g/mol. The van der Waals surface area contributed by atoms with E-state index in [1.54, 1.807) is 10.8 Å². The van der Waals surface area contributed by atoms with E-state index in [9.17, 15) is 0 Å². The predicted octanol–water partition coefficient (Wildman–Crippen LogP) is 1.58. The summed E-state index contributed by atoms with van der Waals surface area (Å²) in [4.78, 5) is 0. The highest BCUT2D eigenvalue weighted by atomic mass is 16.2. The molecule has 14 heavy (non-hydrogen) atoms. The Balaban J connectivity index is 2.58. The summed E-state index contributed by atoms with van der Waals surface area (Å²) >= 11 is 0. The van der Waals surface area contributed by atoms with Crippen LogP contribution >= 0.6 is 0 Å². The van der Waals surface area contributed by atoms with Crippen LogP contribution in [0.5, 0.6) is 0 Å². The van der Waals surface area contributed by atoms with E-state index < -0.39 is 0 Å². The van der Waals surface area contributed by atoms with Crippen LogP contribution in [0.2, 0.25) is 0 Å². The van der Waals surface area contributed by atoms with Gasteiger partial charge in [-0.25, -0.2) is 0 Å². The lowest BCUT2D eigenvalue weighted by Gasteiger charge is -1.93. The summed E-state index contributed by atoms with van der Waals surface area (Å²) in [6.07, 6.45) is 5.61. The van der Waals surface area contributed by atoms with Crippen LogP contribution in [0, 0.1) is 0 Å². The van der Waals surface area contributed by atoms with Crippen molar-refractivity contribution in [2.45, 2.75) is 0 Å². The van der Waals surface area contributed by atoms with Gasteiger partial charge in [0.25, 0.3) is 0 Å². The minimum absolute atomic E-state index is 0.0661. The van der Waals surface area contributed by atoms with Crippen molar-refractivity contribution in [3.05, 3.63) is 36.0 Å². The molecule has 0 unspecified atom stereocenters. The molecule has 0 aliphatic carbocycles. The molecule has 0 fully saturated rings. The second-order valence-corrected chi connectivity index (χ2v) is 3.17. The number of fused-ring (bicyclic) bond motifs is 1. The molecule has 1 aromatic heterocycles. The first-order valence-electron chi connectivity index (χ1n) is 4.51. The second kappa shape index (κ2) is 3.64. The second-order valence-electron chi connectivity index (χ2n) is 3.17. The summed E-state index contributed by atoms with van der Waals surface area (Å²) in [6.45, 7) is 0.0661. The molecular formula is C11H12N2O. The summed E-state index contributed by atoms with van der Waals surface area (Å²) in [5.41, 5.74) is 2.07. The smallest absolute Gasteiger partial charge is 0.0929 e. The van der Waals surface area contributed by atoms with E-state index in [0.717, 1.165) is 16.5 Å². The van der Waals surface area contributed by atoms with Crippen LogP contribution in [0.25, 0.3) is 17.0 Å². The van der Waals surface area contributed by atoms with Gasteiger partial charge < -0.3 is 5.11 Å². The van der Waals surface area contributed by atoms with Crippen LogP contribution in [-0.4, -0.2) is 21.5 Å². The molecule has 0 aliphatic rings. The number of benzene rings is 1. The fourth-order valence-corrected chi connectivity index (χ4v) is 1.51. The monoisotopic (exact) mass is 188 g/mol. The van der Waals surface area contributed by atoms with E-state index in [-0.39, 0.29) is 6.61 Å². The highest BCUT2D eigenvalue weighted by Crippen LogP contribution is 2.18. The van der Waals surface area contributed by atoms with Crippen LogP contribution in [-0.2, 0) is 7.05 Å². The first-order chi connectivity index (χ1) is 6.81. The van der Waals surface area contributed by atoms with Crippen molar-refractivity contribution in [1.82, 2.24) is 9.78 Å². The van der Waals surface area contributed by atoms with Crippen molar-refractivity contribution in [1.29, 1.82) is 0 Å². The van der Waals surface area contributed by atoms with Crippen molar-refractivity contribution in [3.63, 3.8) is 0 Å². The Labute approximate surface area is 82.3 Å². The lowest BCUT2D eigenvalue weighted by Crippen LogP contribution is -1.84. The summed E-state index contributed by atoms with van der Waals surface area (Å²) in [5, 5.41) is 14.1. The Morgan fingerprint density at radius 3 is 3.14 bits per heavy atom. The van der Waals surface area contributed by atoms with Crippen molar-refractivity contribution in [2.24, 2.45) is 7.05 Å². The molecule has 3 heteroatoms. The van der Waals surface area contributed by atoms with Gasteiger partial charge in [-0.3, -0.25) is 4.68 Å². The normalized spacial score (nSPS) is 11.6. The topological polar surface area (TPSA) is 38.0 Å². The third-order valence-corrected chi connectivity index (χ3v) is 2.10. The van der Waals surface area contributed by atoms with Crippen LogP contribution in [0.3, 0.4) is 0 Å².